The van der Waals surface area contributed by atoms with Gasteiger partial charge in [0.1, 0.15) is 0 Å². The molecular weight excluding hydrogens is 135 g/mol. The highest BCUT2D eigenvalue weighted by molar-refractivity contribution is 6.57. The summed E-state index contributed by atoms with van der Waals surface area (Å²) >= 11 is 0. The molecule has 3 N–H and O–H groups in total. The average molecular weight is 140 g/mol. The van der Waals surface area contributed by atoms with Gasteiger partial charge >= 0.3 is 7.12 Å². The lowest BCUT2D eigenvalue weighted by atomic mass is 9.87. The lowest BCUT2D eigenvalue weighted by Gasteiger charge is -1.94. The highest BCUT2D eigenvalue weighted by atomic mass is 16.4. The summed E-state index contributed by atoms with van der Waals surface area (Å²) in [6.45, 7) is 0. The number of rotatable bonds is 1. The van der Waals surface area contributed by atoms with E-state index in [1.807, 2.05) is 0 Å². The van der Waals surface area contributed by atoms with Crippen LogP contribution in [-0.2, 0) is 0 Å². The summed E-state index contributed by atoms with van der Waals surface area (Å²) in [5.41, 5.74) is -0.460. The maximum Gasteiger partial charge on any atom is 0.507 e. The first-order valence-electron chi connectivity index (χ1n) is 2.60. The first-order chi connectivity index (χ1) is 4.70. The number of nitrogens with zero attached hydrogens (tertiary/aromatic N) is 1. The summed E-state index contributed by atoms with van der Waals surface area (Å²) in [4.78, 5) is 16.1. The highest BCUT2D eigenvalue weighted by Gasteiger charge is 2.10. The van der Waals surface area contributed by atoms with E-state index in [2.05, 4.69) is 9.97 Å². The minimum atomic E-state index is -1.67. The third-order valence-electron chi connectivity index (χ3n) is 0.951. The minimum Gasteiger partial charge on any atom is -0.422 e. The highest BCUT2D eigenvalue weighted by Crippen LogP contribution is 1.66. The Balaban J connectivity index is 3.07. The molecule has 0 unspecified atom stereocenters. The molecule has 0 aliphatic rings. The number of hydrogen-bond acceptors (Lipinski definition) is 4. The topological polar surface area (TPSA) is 86.2 Å². The van der Waals surface area contributed by atoms with Crippen molar-refractivity contribution in [3.63, 3.8) is 0 Å². The fraction of sp³-hybridized carbons (Fsp3) is 0. The van der Waals surface area contributed by atoms with Crippen molar-refractivity contribution < 1.29 is 10.0 Å². The Morgan fingerprint density at radius 3 is 2.60 bits per heavy atom. The van der Waals surface area contributed by atoms with Gasteiger partial charge in [-0.3, -0.25) is 9.78 Å². The summed E-state index contributed by atoms with van der Waals surface area (Å²) in [6, 6.07) is 0. The molecule has 1 aromatic heterocycles. The van der Waals surface area contributed by atoms with Gasteiger partial charge in [-0.1, -0.05) is 0 Å². The first kappa shape index (κ1) is 6.98. The summed E-state index contributed by atoms with van der Waals surface area (Å²) < 4.78 is 0. The molecule has 1 rings (SSSR count). The Bertz CT molecular complexity index is 271. The van der Waals surface area contributed by atoms with E-state index in [9.17, 15) is 4.79 Å². The van der Waals surface area contributed by atoms with Gasteiger partial charge < -0.3 is 15.0 Å². The van der Waals surface area contributed by atoms with Crippen LogP contribution < -0.4 is 11.2 Å². The second-order valence-electron chi connectivity index (χ2n) is 1.73. The molecule has 0 saturated heterocycles. The molecular formula is C4H5BN2O3. The van der Waals surface area contributed by atoms with Crippen LogP contribution in [0.3, 0.4) is 0 Å². The van der Waals surface area contributed by atoms with E-state index in [4.69, 9.17) is 10.0 Å². The van der Waals surface area contributed by atoms with Crippen LogP contribution in [-0.4, -0.2) is 27.1 Å². The van der Waals surface area contributed by atoms with Crippen LogP contribution in [0.15, 0.2) is 17.2 Å². The molecule has 0 atom stereocenters. The van der Waals surface area contributed by atoms with Crippen molar-refractivity contribution in [2.45, 2.75) is 0 Å². The predicted octanol–water partition coefficient (Wildman–Crippen LogP) is -2.55. The van der Waals surface area contributed by atoms with Crippen LogP contribution in [0.5, 0.6) is 0 Å². The summed E-state index contributed by atoms with van der Waals surface area (Å²) in [7, 11) is -1.67. The number of aromatic amines is 1. The van der Waals surface area contributed by atoms with Crippen molar-refractivity contribution in [3.8, 4) is 0 Å². The van der Waals surface area contributed by atoms with E-state index in [1.54, 1.807) is 0 Å². The fourth-order valence-corrected chi connectivity index (χ4v) is 0.523. The Morgan fingerprint density at radius 2 is 2.20 bits per heavy atom. The molecule has 0 aromatic carbocycles. The van der Waals surface area contributed by atoms with Gasteiger partial charge in [-0.25, -0.2) is 0 Å². The maximum atomic E-state index is 10.5. The Hall–Kier alpha value is -1.14. The van der Waals surface area contributed by atoms with Gasteiger partial charge in [0, 0.05) is 6.20 Å². The molecule has 5 nitrogen and oxygen atoms in total. The number of H-pyrrole nitrogens is 1. The van der Waals surface area contributed by atoms with E-state index >= 15 is 0 Å². The molecule has 6 heteroatoms. The summed E-state index contributed by atoms with van der Waals surface area (Å²) in [5, 5.41) is 17.0. The van der Waals surface area contributed by atoms with Crippen molar-refractivity contribution in [1.82, 2.24) is 9.97 Å². The van der Waals surface area contributed by atoms with E-state index in [-0.39, 0.29) is 5.59 Å². The van der Waals surface area contributed by atoms with Crippen LogP contribution in [0.1, 0.15) is 0 Å². The fourth-order valence-electron chi connectivity index (χ4n) is 0.523. The predicted molar refractivity (Wildman–Crippen MR) is 34.7 cm³/mol. The van der Waals surface area contributed by atoms with Crippen LogP contribution in [0, 0.1) is 0 Å². The first-order valence-corrected chi connectivity index (χ1v) is 2.60. The molecule has 0 aliphatic heterocycles. The summed E-state index contributed by atoms with van der Waals surface area (Å²) in [5.74, 6) is 0. The van der Waals surface area contributed by atoms with E-state index in [1.165, 1.54) is 6.20 Å². The van der Waals surface area contributed by atoms with Gasteiger partial charge in [0.15, 0.2) is 0 Å². The van der Waals surface area contributed by atoms with Crippen molar-refractivity contribution in [1.29, 1.82) is 0 Å². The maximum absolute atomic E-state index is 10.5. The van der Waals surface area contributed by atoms with Gasteiger partial charge in [0.05, 0.1) is 11.8 Å². The zero-order valence-electron chi connectivity index (χ0n) is 4.98. The van der Waals surface area contributed by atoms with Crippen LogP contribution in [0.4, 0.5) is 0 Å². The third kappa shape index (κ3) is 1.43. The molecule has 1 heterocycles. The second-order valence-corrected chi connectivity index (χ2v) is 1.73. The van der Waals surface area contributed by atoms with Crippen LogP contribution >= 0.6 is 0 Å². The van der Waals surface area contributed by atoms with Crippen LogP contribution in [0.25, 0.3) is 0 Å². The molecule has 0 amide bonds. The smallest absolute Gasteiger partial charge is 0.422 e. The Labute approximate surface area is 56.5 Å². The lowest BCUT2D eigenvalue weighted by Crippen LogP contribution is -2.36. The van der Waals surface area contributed by atoms with E-state index in [0.717, 1.165) is 6.20 Å². The normalized spacial score (nSPS) is 9.40. The zero-order valence-corrected chi connectivity index (χ0v) is 4.98. The zero-order chi connectivity index (χ0) is 7.56. The third-order valence-corrected chi connectivity index (χ3v) is 0.951. The molecule has 0 bridgehead atoms. The van der Waals surface area contributed by atoms with E-state index < -0.39 is 12.7 Å². The Morgan fingerprint density at radius 1 is 1.50 bits per heavy atom. The van der Waals surface area contributed by atoms with Gasteiger partial charge in [-0.05, 0) is 0 Å². The Kier molecular flexibility index (Phi) is 1.84. The van der Waals surface area contributed by atoms with Crippen molar-refractivity contribution in [3.05, 3.63) is 22.7 Å². The second kappa shape index (κ2) is 2.63. The molecule has 0 saturated carbocycles. The molecule has 0 spiro atoms. The van der Waals surface area contributed by atoms with Crippen molar-refractivity contribution in [2.75, 3.05) is 0 Å². The molecule has 0 aliphatic carbocycles. The largest absolute Gasteiger partial charge is 0.507 e. The van der Waals surface area contributed by atoms with Crippen LogP contribution in [0.2, 0.25) is 0 Å². The van der Waals surface area contributed by atoms with Gasteiger partial charge in [-0.15, -0.1) is 0 Å². The molecule has 10 heavy (non-hydrogen) atoms. The monoisotopic (exact) mass is 140 g/mol. The van der Waals surface area contributed by atoms with Gasteiger partial charge in [-0.2, -0.15) is 0 Å². The summed E-state index contributed by atoms with van der Waals surface area (Å²) in [6.07, 6.45) is 2.22. The molecule has 0 fully saturated rings. The molecule has 52 valence electrons. The van der Waals surface area contributed by atoms with Crippen molar-refractivity contribution >= 4 is 12.7 Å². The lowest BCUT2D eigenvalue weighted by molar-refractivity contribution is 0.424. The van der Waals surface area contributed by atoms with Gasteiger partial charge in [0.2, 0.25) is 0 Å². The molecule has 1 aromatic rings. The SMILES string of the molecule is O=c1cncc(B(O)O)[nH]1. The van der Waals surface area contributed by atoms with E-state index in [0.29, 0.717) is 0 Å². The number of nitrogens with one attached hydrogen (secondary N) is 1. The minimum absolute atomic E-state index is 0.00694. The molecule has 0 radical (unpaired) electrons. The quantitative estimate of drug-likeness (QED) is 0.374. The van der Waals surface area contributed by atoms with Gasteiger partial charge in [0.25, 0.3) is 5.56 Å². The number of hydrogen-bond donors (Lipinski definition) is 3. The van der Waals surface area contributed by atoms with Crippen molar-refractivity contribution in [2.24, 2.45) is 0 Å². The standard InChI is InChI=1S/C4H5BN2O3/c8-4-2-6-1-3(7-4)5(9)10/h1-2,9-10H,(H,7,8). The number of aromatic nitrogens is 2. The average Bonchev–Trinajstić information content (AvgIpc) is 1.88.